The maximum absolute atomic E-state index is 2.48. The van der Waals surface area contributed by atoms with E-state index in [1.807, 2.05) is 23.5 Å². The average molecular weight is 499 g/mol. The van der Waals surface area contributed by atoms with Gasteiger partial charge in [0.15, 0.2) is 0 Å². The molecule has 5 aromatic rings. The van der Waals surface area contributed by atoms with Crippen molar-refractivity contribution in [1.29, 1.82) is 0 Å². The van der Waals surface area contributed by atoms with Gasteiger partial charge in [0.1, 0.15) is 0 Å². The highest BCUT2D eigenvalue weighted by Crippen LogP contribution is 2.55. The number of rotatable bonds is 4. The zero-order chi connectivity index (χ0) is 24.2. The molecule has 0 atom stereocenters. The summed E-state index contributed by atoms with van der Waals surface area (Å²) in [6, 6.07) is 31.5. The first-order chi connectivity index (χ1) is 17.8. The fourth-order valence-electron chi connectivity index (χ4n) is 6.21. The molecule has 0 aromatic heterocycles. The van der Waals surface area contributed by atoms with Crippen LogP contribution in [0.1, 0.15) is 12.8 Å². The molecule has 0 heterocycles. The lowest BCUT2D eigenvalue weighted by Crippen LogP contribution is -2.32. The van der Waals surface area contributed by atoms with Crippen LogP contribution in [0.25, 0.3) is 67.4 Å². The Morgan fingerprint density at radius 3 is 1.33 bits per heavy atom. The third-order valence-electron chi connectivity index (χ3n) is 7.63. The van der Waals surface area contributed by atoms with E-state index in [1.54, 1.807) is 0 Å². The molecule has 36 heavy (non-hydrogen) atoms. The molecule has 0 unspecified atom stereocenters. The van der Waals surface area contributed by atoms with E-state index in [-0.39, 0.29) is 0 Å². The van der Waals surface area contributed by atoms with E-state index in [9.17, 15) is 0 Å². The van der Waals surface area contributed by atoms with Gasteiger partial charge in [0, 0.05) is 15.2 Å². The summed E-state index contributed by atoms with van der Waals surface area (Å²) in [5.41, 5.74) is 10.9. The van der Waals surface area contributed by atoms with Crippen LogP contribution >= 0.6 is 23.5 Å². The van der Waals surface area contributed by atoms with Gasteiger partial charge in [-0.3, -0.25) is 0 Å². The third-order valence-corrected chi connectivity index (χ3v) is 9.19. The molecule has 0 fully saturated rings. The minimum absolute atomic E-state index is 1.09. The van der Waals surface area contributed by atoms with E-state index in [2.05, 4.69) is 110 Å². The van der Waals surface area contributed by atoms with Crippen molar-refractivity contribution in [2.24, 2.45) is 0 Å². The maximum atomic E-state index is 2.48. The Bertz CT molecular complexity index is 1650. The van der Waals surface area contributed by atoms with E-state index in [4.69, 9.17) is 0 Å². The van der Waals surface area contributed by atoms with Crippen LogP contribution in [0.5, 0.6) is 0 Å². The van der Waals surface area contributed by atoms with Gasteiger partial charge in [0.2, 0.25) is 0 Å². The molecular weight excluding hydrogens is 473 g/mol. The average Bonchev–Trinajstić information content (AvgIpc) is 3.27. The lowest BCUT2D eigenvalue weighted by atomic mass is 9.83. The SMILES string of the molecule is CSc1ccc2c3c(ccc(SC)c13)-c1c-2c(-c2ccccc2)c2c(c1-c1ccccc1)=CCCC=2. The van der Waals surface area contributed by atoms with Gasteiger partial charge >= 0.3 is 0 Å². The number of fused-ring (bicyclic) bond motifs is 4. The predicted molar refractivity (Wildman–Crippen MR) is 160 cm³/mol. The number of hydrogen-bond donors (Lipinski definition) is 0. The van der Waals surface area contributed by atoms with Crippen molar-refractivity contribution in [3.63, 3.8) is 0 Å². The Hall–Kier alpha value is -3.20. The molecule has 0 radical (unpaired) electrons. The number of hydrogen-bond acceptors (Lipinski definition) is 2. The van der Waals surface area contributed by atoms with E-state index in [1.165, 1.54) is 75.5 Å². The van der Waals surface area contributed by atoms with Gasteiger partial charge in [0.05, 0.1) is 0 Å². The zero-order valence-corrected chi connectivity index (χ0v) is 22.1. The highest BCUT2D eigenvalue weighted by Gasteiger charge is 2.31. The highest BCUT2D eigenvalue weighted by atomic mass is 32.2. The molecule has 5 aromatic carbocycles. The summed E-state index contributed by atoms with van der Waals surface area (Å²) < 4.78 is 0. The molecule has 0 spiro atoms. The fraction of sp³-hybridized carbons (Fsp3) is 0.118. The van der Waals surface area contributed by atoms with Crippen LogP contribution in [0.2, 0.25) is 0 Å². The third kappa shape index (κ3) is 3.11. The van der Waals surface area contributed by atoms with Crippen molar-refractivity contribution in [1.82, 2.24) is 0 Å². The van der Waals surface area contributed by atoms with Crippen molar-refractivity contribution < 1.29 is 0 Å². The molecule has 0 nitrogen and oxygen atoms in total. The zero-order valence-electron chi connectivity index (χ0n) is 20.5. The topological polar surface area (TPSA) is 0 Å². The number of benzene rings is 5. The standard InChI is InChI=1S/C34H26S2/c1-35-27-19-17-25-31-26(18-20-28(36-2)34(27)31)33-30(22-13-7-4-8-14-22)24-16-10-9-15-23(24)29(32(25)33)21-11-5-3-6-12-21/h3-8,11-20H,9-10H2,1-2H3. The van der Waals surface area contributed by atoms with E-state index >= 15 is 0 Å². The second-order valence-electron chi connectivity index (χ2n) is 9.43. The summed E-state index contributed by atoms with van der Waals surface area (Å²) in [6.07, 6.45) is 11.5. The molecule has 0 saturated carbocycles. The predicted octanol–water partition coefficient (Wildman–Crippen LogP) is 8.62. The summed E-state index contributed by atoms with van der Waals surface area (Å²) in [5.74, 6) is 0. The Labute approximate surface area is 220 Å². The van der Waals surface area contributed by atoms with Crippen LogP contribution in [0.15, 0.2) is 94.7 Å². The minimum Gasteiger partial charge on any atom is -0.129 e. The summed E-state index contributed by atoms with van der Waals surface area (Å²) in [7, 11) is 0. The molecule has 0 amide bonds. The second-order valence-corrected chi connectivity index (χ2v) is 11.1. The van der Waals surface area contributed by atoms with E-state index < -0.39 is 0 Å². The monoisotopic (exact) mass is 498 g/mol. The van der Waals surface area contributed by atoms with Crippen LogP contribution in [-0.4, -0.2) is 12.5 Å². The summed E-state index contributed by atoms with van der Waals surface area (Å²) in [4.78, 5) is 2.72. The molecule has 0 N–H and O–H groups in total. The van der Waals surface area contributed by atoms with Gasteiger partial charge in [-0.15, -0.1) is 23.5 Å². The summed E-state index contributed by atoms with van der Waals surface area (Å²) in [6.45, 7) is 0. The van der Waals surface area contributed by atoms with Crippen LogP contribution in [0, 0.1) is 0 Å². The first-order valence-electron chi connectivity index (χ1n) is 12.5. The molecule has 0 saturated heterocycles. The van der Waals surface area contributed by atoms with Gasteiger partial charge in [-0.25, -0.2) is 0 Å². The lowest BCUT2D eigenvalue weighted by Gasteiger charge is -2.20. The molecule has 0 bridgehead atoms. The fourth-order valence-corrected chi connectivity index (χ4v) is 7.51. The van der Waals surface area contributed by atoms with Gasteiger partial charge in [-0.1, -0.05) is 84.9 Å². The first kappa shape index (κ1) is 22.0. The van der Waals surface area contributed by atoms with Gasteiger partial charge in [0.25, 0.3) is 0 Å². The molecule has 0 aliphatic heterocycles. The Morgan fingerprint density at radius 2 is 0.917 bits per heavy atom. The van der Waals surface area contributed by atoms with Crippen LogP contribution in [0.4, 0.5) is 0 Å². The minimum atomic E-state index is 1.09. The van der Waals surface area contributed by atoms with E-state index in [0.717, 1.165) is 12.8 Å². The molecule has 7 rings (SSSR count). The van der Waals surface area contributed by atoms with Crippen LogP contribution < -0.4 is 10.4 Å². The van der Waals surface area contributed by atoms with Gasteiger partial charge in [-0.2, -0.15) is 0 Å². The largest absolute Gasteiger partial charge is 0.129 e. The second kappa shape index (κ2) is 8.73. The van der Waals surface area contributed by atoms with Crippen LogP contribution in [0.3, 0.4) is 0 Å². The van der Waals surface area contributed by atoms with E-state index in [0.29, 0.717) is 0 Å². The Balaban J connectivity index is 1.76. The quantitative estimate of drug-likeness (QED) is 0.223. The lowest BCUT2D eigenvalue weighted by molar-refractivity contribution is 1.12. The van der Waals surface area contributed by atoms with Crippen LogP contribution in [-0.2, 0) is 0 Å². The smallest absolute Gasteiger partial charge is 0.0160 e. The van der Waals surface area contributed by atoms with Crippen molar-refractivity contribution >= 4 is 46.4 Å². The normalized spacial score (nSPS) is 13.2. The molecule has 174 valence electrons. The van der Waals surface area contributed by atoms with Crippen molar-refractivity contribution in [2.75, 3.05) is 12.5 Å². The first-order valence-corrected chi connectivity index (χ1v) is 15.0. The number of thioether (sulfide) groups is 2. The van der Waals surface area contributed by atoms with Crippen molar-refractivity contribution in [3.05, 3.63) is 95.4 Å². The van der Waals surface area contributed by atoms with Crippen molar-refractivity contribution in [3.8, 4) is 44.5 Å². The van der Waals surface area contributed by atoms with Crippen molar-refractivity contribution in [2.45, 2.75) is 22.6 Å². The molecule has 2 aliphatic rings. The summed E-state index contributed by atoms with van der Waals surface area (Å²) >= 11 is 3.71. The highest BCUT2D eigenvalue weighted by molar-refractivity contribution is 7.99. The van der Waals surface area contributed by atoms with Gasteiger partial charge in [-0.05, 0) is 97.8 Å². The molecule has 2 heteroatoms. The molecule has 2 aliphatic carbocycles. The maximum Gasteiger partial charge on any atom is 0.0160 e. The Kier molecular flexibility index (Phi) is 5.34. The van der Waals surface area contributed by atoms with Gasteiger partial charge < -0.3 is 0 Å². The summed E-state index contributed by atoms with van der Waals surface area (Å²) in [5, 5.41) is 5.61. The molecular formula is C34H26S2. The Morgan fingerprint density at radius 1 is 0.472 bits per heavy atom.